The highest BCUT2D eigenvalue weighted by molar-refractivity contribution is 5.86. The molecule has 1 aliphatic rings. The zero-order valence-electron chi connectivity index (χ0n) is 10.2. The van der Waals surface area contributed by atoms with Gasteiger partial charge in [0.15, 0.2) is 5.43 Å². The molecule has 1 N–H and O–H groups in total. The molecule has 0 amide bonds. The van der Waals surface area contributed by atoms with Gasteiger partial charge in [-0.2, -0.15) is 0 Å². The lowest BCUT2D eigenvalue weighted by Crippen LogP contribution is -2.17. The monoisotopic (exact) mass is 259 g/mol. The number of nitrogens with zero attached hydrogens (tertiary/aromatic N) is 3. The smallest absolute Gasteiger partial charge is 0.341 e. The van der Waals surface area contributed by atoms with Crippen molar-refractivity contribution >= 4 is 5.97 Å². The van der Waals surface area contributed by atoms with E-state index >= 15 is 0 Å². The van der Waals surface area contributed by atoms with E-state index in [9.17, 15) is 9.59 Å². The molecule has 0 bridgehead atoms. The molecule has 1 aliphatic carbocycles. The summed E-state index contributed by atoms with van der Waals surface area (Å²) in [7, 11) is 0. The maximum absolute atomic E-state index is 11.4. The maximum Gasteiger partial charge on any atom is 0.341 e. The lowest BCUT2D eigenvalue weighted by atomic mass is 10.2. The number of aromatic nitrogens is 3. The van der Waals surface area contributed by atoms with Gasteiger partial charge in [0.1, 0.15) is 5.56 Å². The summed E-state index contributed by atoms with van der Waals surface area (Å²) in [5.74, 6) is -1.20. The van der Waals surface area contributed by atoms with Gasteiger partial charge in [-0.25, -0.2) is 9.78 Å². The number of rotatable bonds is 4. The molecule has 0 aliphatic heterocycles. The molecule has 98 valence electrons. The summed E-state index contributed by atoms with van der Waals surface area (Å²) in [6.07, 6.45) is 8.86. The van der Waals surface area contributed by atoms with Crippen LogP contribution in [0.3, 0.4) is 0 Å². The van der Waals surface area contributed by atoms with E-state index in [0.717, 1.165) is 18.5 Å². The highest BCUT2D eigenvalue weighted by atomic mass is 16.4. The number of carboxylic acids is 1. The van der Waals surface area contributed by atoms with E-state index in [0.29, 0.717) is 12.6 Å². The van der Waals surface area contributed by atoms with Crippen LogP contribution in [0.25, 0.3) is 0 Å². The molecule has 1 fully saturated rings. The predicted octanol–water partition coefficient (Wildman–Crippen LogP) is 1.13. The van der Waals surface area contributed by atoms with E-state index in [1.807, 2.05) is 0 Å². The van der Waals surface area contributed by atoms with Gasteiger partial charge in [0.2, 0.25) is 0 Å². The van der Waals surface area contributed by atoms with E-state index in [2.05, 4.69) is 9.55 Å². The Kier molecular flexibility index (Phi) is 2.70. The Balaban J connectivity index is 1.90. The Hall–Kier alpha value is -2.37. The largest absolute Gasteiger partial charge is 0.477 e. The standard InChI is InChI=1S/C13H13N3O3/c17-12-3-4-15(7-11(12)13(18)19)6-10-5-14-8-16(10)9-1-2-9/h3-5,7-9H,1-2,6H2,(H,18,19). The van der Waals surface area contributed by atoms with E-state index < -0.39 is 11.4 Å². The molecule has 0 saturated heterocycles. The van der Waals surface area contributed by atoms with Crippen molar-refractivity contribution in [3.8, 4) is 0 Å². The molecule has 3 rings (SSSR count). The van der Waals surface area contributed by atoms with E-state index in [1.165, 1.54) is 12.3 Å². The number of hydrogen-bond donors (Lipinski definition) is 1. The van der Waals surface area contributed by atoms with E-state index in [1.54, 1.807) is 23.3 Å². The summed E-state index contributed by atoms with van der Waals surface area (Å²) in [6, 6.07) is 1.80. The minimum absolute atomic E-state index is 0.208. The summed E-state index contributed by atoms with van der Waals surface area (Å²) in [4.78, 5) is 26.4. The van der Waals surface area contributed by atoms with Crippen LogP contribution in [0.15, 0.2) is 35.8 Å². The molecule has 19 heavy (non-hydrogen) atoms. The second-order valence-electron chi connectivity index (χ2n) is 4.72. The van der Waals surface area contributed by atoms with Crippen molar-refractivity contribution in [1.82, 2.24) is 14.1 Å². The SMILES string of the molecule is O=C(O)c1cn(Cc2cncn2C2CC2)ccc1=O. The van der Waals surface area contributed by atoms with Gasteiger partial charge in [-0.1, -0.05) is 0 Å². The van der Waals surface area contributed by atoms with Crippen LogP contribution in [0.1, 0.15) is 34.9 Å². The fourth-order valence-electron chi connectivity index (χ4n) is 2.11. The zero-order chi connectivity index (χ0) is 13.4. The third kappa shape index (κ3) is 2.29. The maximum atomic E-state index is 11.4. The first-order valence-electron chi connectivity index (χ1n) is 6.09. The average molecular weight is 259 g/mol. The summed E-state index contributed by atoms with van der Waals surface area (Å²) in [5.41, 5.74) is 0.335. The van der Waals surface area contributed by atoms with Gasteiger partial charge >= 0.3 is 5.97 Å². The van der Waals surface area contributed by atoms with Crippen LogP contribution in [-0.4, -0.2) is 25.2 Å². The van der Waals surface area contributed by atoms with Crippen LogP contribution in [-0.2, 0) is 6.54 Å². The Labute approximate surface area is 108 Å². The van der Waals surface area contributed by atoms with Crippen molar-refractivity contribution in [3.05, 3.63) is 52.5 Å². The molecular weight excluding hydrogens is 246 g/mol. The van der Waals surface area contributed by atoms with Crippen molar-refractivity contribution in [1.29, 1.82) is 0 Å². The first-order valence-corrected chi connectivity index (χ1v) is 6.09. The Morgan fingerprint density at radius 3 is 2.95 bits per heavy atom. The van der Waals surface area contributed by atoms with Crippen LogP contribution < -0.4 is 5.43 Å². The third-order valence-electron chi connectivity index (χ3n) is 3.24. The molecule has 0 aromatic carbocycles. The number of hydrogen-bond acceptors (Lipinski definition) is 3. The minimum Gasteiger partial charge on any atom is -0.477 e. The fourth-order valence-corrected chi connectivity index (χ4v) is 2.11. The summed E-state index contributed by atoms with van der Waals surface area (Å²) < 4.78 is 3.80. The Morgan fingerprint density at radius 2 is 2.26 bits per heavy atom. The van der Waals surface area contributed by atoms with Crippen molar-refractivity contribution in [2.75, 3.05) is 0 Å². The van der Waals surface area contributed by atoms with Gasteiger partial charge in [-0.3, -0.25) is 4.79 Å². The number of carboxylic acid groups (broad SMARTS) is 1. The minimum atomic E-state index is -1.20. The Bertz CT molecular complexity index is 682. The van der Waals surface area contributed by atoms with Crippen LogP contribution in [0.4, 0.5) is 0 Å². The third-order valence-corrected chi connectivity index (χ3v) is 3.24. The highest BCUT2D eigenvalue weighted by Crippen LogP contribution is 2.35. The number of imidazole rings is 1. The predicted molar refractivity (Wildman–Crippen MR) is 67.3 cm³/mol. The molecule has 0 unspecified atom stereocenters. The van der Waals surface area contributed by atoms with Crippen LogP contribution in [0, 0.1) is 0 Å². The molecule has 0 radical (unpaired) electrons. The first-order chi connectivity index (χ1) is 9.15. The highest BCUT2D eigenvalue weighted by Gasteiger charge is 2.25. The molecule has 6 nitrogen and oxygen atoms in total. The average Bonchev–Trinajstić information content (AvgIpc) is 3.12. The fraction of sp³-hybridized carbons (Fsp3) is 0.308. The number of pyridine rings is 1. The normalized spacial score (nSPS) is 14.5. The summed E-state index contributed by atoms with van der Waals surface area (Å²) in [5, 5.41) is 8.94. The molecule has 2 heterocycles. The van der Waals surface area contributed by atoms with Gasteiger partial charge in [0.25, 0.3) is 0 Å². The van der Waals surface area contributed by atoms with Gasteiger partial charge in [-0.05, 0) is 12.8 Å². The van der Waals surface area contributed by atoms with Crippen molar-refractivity contribution in [2.45, 2.75) is 25.4 Å². The van der Waals surface area contributed by atoms with Crippen molar-refractivity contribution < 1.29 is 9.90 Å². The van der Waals surface area contributed by atoms with Gasteiger partial charge in [0.05, 0.1) is 18.6 Å². The van der Waals surface area contributed by atoms with E-state index in [4.69, 9.17) is 5.11 Å². The lowest BCUT2D eigenvalue weighted by Gasteiger charge is -2.09. The van der Waals surface area contributed by atoms with Crippen LogP contribution >= 0.6 is 0 Å². The molecule has 6 heteroatoms. The van der Waals surface area contributed by atoms with Crippen LogP contribution in [0.2, 0.25) is 0 Å². The first kappa shape index (κ1) is 11.7. The van der Waals surface area contributed by atoms with E-state index in [-0.39, 0.29) is 5.56 Å². The molecule has 1 saturated carbocycles. The van der Waals surface area contributed by atoms with Gasteiger partial charge in [-0.15, -0.1) is 0 Å². The van der Waals surface area contributed by atoms with Crippen LogP contribution in [0.5, 0.6) is 0 Å². The molecule has 0 spiro atoms. The summed E-state index contributed by atoms with van der Waals surface area (Å²) in [6.45, 7) is 0.511. The molecule has 2 aromatic rings. The quantitative estimate of drug-likeness (QED) is 0.892. The molecular formula is C13H13N3O3. The Morgan fingerprint density at radius 1 is 1.47 bits per heavy atom. The second kappa shape index (κ2) is 4.38. The van der Waals surface area contributed by atoms with Gasteiger partial charge < -0.3 is 14.2 Å². The lowest BCUT2D eigenvalue weighted by molar-refractivity contribution is 0.0694. The number of carbonyl (C=O) groups is 1. The van der Waals surface area contributed by atoms with Gasteiger partial charge in [0, 0.05) is 30.7 Å². The molecule has 2 aromatic heterocycles. The topological polar surface area (TPSA) is 77.1 Å². The van der Waals surface area contributed by atoms with Crippen molar-refractivity contribution in [3.63, 3.8) is 0 Å². The summed E-state index contributed by atoms with van der Waals surface area (Å²) >= 11 is 0. The second-order valence-corrected chi connectivity index (χ2v) is 4.72. The van der Waals surface area contributed by atoms with Crippen molar-refractivity contribution in [2.24, 2.45) is 0 Å². The molecule has 0 atom stereocenters. The number of aromatic carboxylic acids is 1. The zero-order valence-corrected chi connectivity index (χ0v) is 10.2.